The second kappa shape index (κ2) is 17.2. The van der Waals surface area contributed by atoms with Crippen LogP contribution in [0.4, 0.5) is 11.4 Å². The molecule has 0 aromatic heterocycles. The number of aryl methyl sites for hydroxylation is 2. The number of aliphatic imine (C=N–C) groups is 2. The molecule has 0 spiro atoms. The molecule has 2 aliphatic rings. The molecule has 0 bridgehead atoms. The molecule has 0 saturated heterocycles. The summed E-state index contributed by atoms with van der Waals surface area (Å²) in [5, 5.41) is 0. The average Bonchev–Trinajstić information content (AvgIpc) is 3.37. The molecule has 0 radical (unpaired) electrons. The fraction of sp³-hybridized carbons (Fsp3) is 0.233. The number of terminal acetylenes is 2. The third-order valence-corrected chi connectivity index (χ3v) is 9.20. The molecule has 12 nitrogen and oxygen atoms in total. The van der Waals surface area contributed by atoms with E-state index in [9.17, 15) is 14.4 Å². The lowest BCUT2D eigenvalue weighted by molar-refractivity contribution is -0.346. The molecule has 2 atom stereocenters. The number of fused-ring (bicyclic) bond motifs is 2. The van der Waals surface area contributed by atoms with Crippen molar-refractivity contribution in [2.75, 3.05) is 50.9 Å². The fourth-order valence-corrected chi connectivity index (χ4v) is 6.25. The maximum atomic E-state index is 13.5. The number of benzene rings is 4. The van der Waals surface area contributed by atoms with E-state index >= 15 is 0 Å². The van der Waals surface area contributed by atoms with Crippen LogP contribution in [0.25, 0.3) is 0 Å². The molecule has 4 aromatic carbocycles. The molecule has 0 aliphatic carbocycles. The first-order chi connectivity index (χ1) is 26.6. The van der Waals surface area contributed by atoms with Crippen LogP contribution in [0.5, 0.6) is 0 Å². The first-order valence-electron chi connectivity index (χ1n) is 17.2. The molecule has 0 fully saturated rings. The van der Waals surface area contributed by atoms with Gasteiger partial charge in [-0.3, -0.25) is 19.6 Å². The zero-order chi connectivity index (χ0) is 39.1. The zero-order valence-electron chi connectivity index (χ0n) is 30.8. The van der Waals surface area contributed by atoms with Gasteiger partial charge in [-0.2, -0.15) is 0 Å². The van der Waals surface area contributed by atoms with Crippen LogP contribution in [-0.4, -0.2) is 82.4 Å². The Morgan fingerprint density at radius 3 is 1.76 bits per heavy atom. The van der Waals surface area contributed by atoms with Gasteiger partial charge < -0.3 is 24.0 Å². The van der Waals surface area contributed by atoms with Crippen molar-refractivity contribution in [3.63, 3.8) is 0 Å². The molecule has 0 N–H and O–H groups in total. The SMILES string of the molecule is C#Cc1ccc2c(c1)C(c1ccccc1C)=NC(COOCOCOCOC(=O)C1N=C(c3ccccc3C)c3cc(C#C)ccc3N(C)C1=O)C(=O)N2C. The number of amides is 2. The van der Waals surface area contributed by atoms with Crippen LogP contribution in [0.3, 0.4) is 0 Å². The summed E-state index contributed by atoms with van der Waals surface area (Å²) in [6, 6.07) is 23.4. The number of anilines is 2. The minimum absolute atomic E-state index is 0.209. The average molecular weight is 739 g/mol. The molecule has 55 heavy (non-hydrogen) atoms. The van der Waals surface area contributed by atoms with E-state index in [2.05, 4.69) is 16.8 Å². The molecule has 2 unspecified atom stereocenters. The van der Waals surface area contributed by atoms with Gasteiger partial charge >= 0.3 is 5.97 Å². The van der Waals surface area contributed by atoms with Crippen LogP contribution in [0, 0.1) is 38.5 Å². The van der Waals surface area contributed by atoms with Crippen LogP contribution in [0.2, 0.25) is 0 Å². The predicted octanol–water partition coefficient (Wildman–Crippen LogP) is 4.73. The molecular weight excluding hydrogens is 700 g/mol. The Morgan fingerprint density at radius 2 is 1.20 bits per heavy atom. The summed E-state index contributed by atoms with van der Waals surface area (Å²) in [7, 11) is 3.23. The van der Waals surface area contributed by atoms with Gasteiger partial charge in [-0.1, -0.05) is 60.4 Å². The summed E-state index contributed by atoms with van der Waals surface area (Å²) in [6.07, 6.45) is 11.4. The maximum Gasteiger partial charge on any atom is 0.342 e. The second-order valence-electron chi connectivity index (χ2n) is 12.7. The fourth-order valence-electron chi connectivity index (χ4n) is 6.25. The van der Waals surface area contributed by atoms with Gasteiger partial charge in [0.15, 0.2) is 26.4 Å². The minimum Gasteiger partial charge on any atom is -0.436 e. The highest BCUT2D eigenvalue weighted by Gasteiger charge is 2.36. The van der Waals surface area contributed by atoms with E-state index in [-0.39, 0.29) is 26.1 Å². The normalized spacial score (nSPS) is 16.5. The Bertz CT molecular complexity index is 2280. The molecule has 6 rings (SSSR count). The van der Waals surface area contributed by atoms with Gasteiger partial charge in [0.1, 0.15) is 6.61 Å². The van der Waals surface area contributed by atoms with Gasteiger partial charge in [-0.15, -0.1) is 12.8 Å². The molecular formula is C43H38N4O8. The van der Waals surface area contributed by atoms with Crippen molar-refractivity contribution in [1.29, 1.82) is 0 Å². The molecule has 2 heterocycles. The highest BCUT2D eigenvalue weighted by Crippen LogP contribution is 2.31. The first-order valence-corrected chi connectivity index (χ1v) is 17.2. The van der Waals surface area contributed by atoms with E-state index in [1.165, 1.54) is 9.80 Å². The van der Waals surface area contributed by atoms with Crippen LogP contribution in [-0.2, 0) is 38.4 Å². The second-order valence-corrected chi connectivity index (χ2v) is 12.7. The van der Waals surface area contributed by atoms with Gasteiger partial charge in [-0.05, 0) is 61.4 Å². The lowest BCUT2D eigenvalue weighted by Crippen LogP contribution is -2.40. The predicted molar refractivity (Wildman–Crippen MR) is 207 cm³/mol. The maximum absolute atomic E-state index is 13.5. The lowest BCUT2D eigenvalue weighted by Gasteiger charge is -2.20. The highest BCUT2D eigenvalue weighted by atomic mass is 17.2. The standard InChI is InChI=1S/C43H38N4O8/c1-7-29-17-19-36-33(21-29)38(31-15-11-9-13-27(31)3)44-35(41(48)46(36)5)23-54-55-26-52-24-51-25-53-43(50)40-42(49)47(6)37-20-18-30(8-2)22-34(37)39(45-40)32-16-12-10-14-28(32)4/h1-2,9-22,35,40H,23-26H2,3-6H3. The molecule has 278 valence electrons. The summed E-state index contributed by atoms with van der Waals surface area (Å²) in [6.45, 7) is 2.42. The number of carbonyl (C=O) groups is 3. The number of ether oxygens (including phenoxy) is 3. The number of carbonyl (C=O) groups excluding carboxylic acids is 3. The van der Waals surface area contributed by atoms with Gasteiger partial charge in [0, 0.05) is 47.5 Å². The number of nitrogens with zero attached hydrogens (tertiary/aromatic N) is 4. The highest BCUT2D eigenvalue weighted by molar-refractivity contribution is 6.24. The quantitative estimate of drug-likeness (QED) is 0.0389. The first kappa shape index (κ1) is 38.3. The summed E-state index contributed by atoms with van der Waals surface area (Å²) in [5.41, 5.74) is 8.30. The number of esters is 1. The molecule has 2 aliphatic heterocycles. The van der Waals surface area contributed by atoms with Crippen LogP contribution >= 0.6 is 0 Å². The Kier molecular flexibility index (Phi) is 12.0. The number of rotatable bonds is 12. The van der Waals surface area contributed by atoms with E-state index in [4.69, 9.17) is 41.8 Å². The third kappa shape index (κ3) is 8.24. The summed E-state index contributed by atoms with van der Waals surface area (Å²) in [5.74, 6) is 3.47. The molecule has 0 saturated carbocycles. The zero-order valence-corrected chi connectivity index (χ0v) is 30.8. The van der Waals surface area contributed by atoms with Gasteiger partial charge in [0.2, 0.25) is 6.04 Å². The number of hydrogen-bond acceptors (Lipinski definition) is 10. The van der Waals surface area contributed by atoms with E-state index in [0.717, 1.165) is 27.8 Å². The van der Waals surface area contributed by atoms with Crippen molar-refractivity contribution in [3.05, 3.63) is 129 Å². The Balaban J connectivity index is 1.03. The third-order valence-electron chi connectivity index (χ3n) is 9.20. The van der Waals surface area contributed by atoms with Gasteiger partial charge in [-0.25, -0.2) is 14.6 Å². The number of hydrogen-bond donors (Lipinski definition) is 0. The number of benzodiazepines with no additional fused rings is 2. The summed E-state index contributed by atoms with van der Waals surface area (Å²) in [4.78, 5) is 63.1. The smallest absolute Gasteiger partial charge is 0.342 e. The molecule has 12 heteroatoms. The largest absolute Gasteiger partial charge is 0.436 e. The number of likely N-dealkylation sites (N-methyl/N-ethyl adjacent to an activating group) is 2. The van der Waals surface area contributed by atoms with Crippen molar-refractivity contribution >= 4 is 40.6 Å². The monoisotopic (exact) mass is 738 g/mol. The summed E-state index contributed by atoms with van der Waals surface area (Å²) < 4.78 is 15.9. The lowest BCUT2D eigenvalue weighted by atomic mass is 9.95. The van der Waals surface area contributed by atoms with Crippen molar-refractivity contribution in [2.45, 2.75) is 25.9 Å². The van der Waals surface area contributed by atoms with Crippen molar-refractivity contribution in [3.8, 4) is 24.7 Å². The van der Waals surface area contributed by atoms with Crippen molar-refractivity contribution in [2.24, 2.45) is 9.98 Å². The van der Waals surface area contributed by atoms with Gasteiger partial charge in [0.25, 0.3) is 11.8 Å². The summed E-state index contributed by atoms with van der Waals surface area (Å²) >= 11 is 0. The van der Waals surface area contributed by atoms with E-state index in [1.807, 2.05) is 68.4 Å². The Labute approximate surface area is 319 Å². The van der Waals surface area contributed by atoms with E-state index in [0.29, 0.717) is 39.5 Å². The van der Waals surface area contributed by atoms with Crippen LogP contribution < -0.4 is 9.80 Å². The Hall–Kier alpha value is -6.41. The van der Waals surface area contributed by atoms with Crippen molar-refractivity contribution < 1.29 is 38.4 Å². The molecule has 4 aromatic rings. The van der Waals surface area contributed by atoms with Gasteiger partial charge in [0.05, 0.1) is 22.8 Å². The topological polar surface area (TPSA) is 129 Å². The Morgan fingerprint density at radius 1 is 0.673 bits per heavy atom. The molecule has 2 amide bonds. The minimum atomic E-state index is -1.51. The van der Waals surface area contributed by atoms with E-state index in [1.54, 1.807) is 44.4 Å². The van der Waals surface area contributed by atoms with Crippen molar-refractivity contribution in [1.82, 2.24) is 0 Å². The van der Waals surface area contributed by atoms with Crippen LogP contribution in [0.1, 0.15) is 44.5 Å². The van der Waals surface area contributed by atoms with E-state index < -0.39 is 30.8 Å². The van der Waals surface area contributed by atoms with Crippen LogP contribution in [0.15, 0.2) is 94.9 Å².